The molecule has 2 aromatic carbocycles. The van der Waals surface area contributed by atoms with E-state index in [2.05, 4.69) is 22.2 Å². The van der Waals surface area contributed by atoms with Gasteiger partial charge in [0, 0.05) is 41.3 Å². The Labute approximate surface area is 229 Å². The number of allylic oxidation sites excluding steroid dienone is 4. The zero-order valence-corrected chi connectivity index (χ0v) is 21.9. The summed E-state index contributed by atoms with van der Waals surface area (Å²) in [4.78, 5) is 31.0. The molecule has 3 aromatic rings. The summed E-state index contributed by atoms with van der Waals surface area (Å²) < 4.78 is 46.4. The topological polar surface area (TPSA) is 83.6 Å². The Morgan fingerprint density at radius 3 is 2.60 bits per heavy atom. The molecule has 1 aliphatic rings. The monoisotopic (exact) mass is 548 g/mol. The van der Waals surface area contributed by atoms with Crippen LogP contribution in [0.4, 0.5) is 35.0 Å². The fraction of sp³-hybridized carbons (Fsp3) is 0.167. The van der Waals surface area contributed by atoms with Gasteiger partial charge in [-0.05, 0) is 67.5 Å². The summed E-state index contributed by atoms with van der Waals surface area (Å²) in [5.74, 6) is -3.38. The Bertz CT molecular complexity index is 1520. The average molecular weight is 549 g/mol. The molecule has 10 heteroatoms. The van der Waals surface area contributed by atoms with Crippen LogP contribution < -0.4 is 15.5 Å². The molecule has 1 heterocycles. The number of aromatic nitrogens is 1. The highest BCUT2D eigenvalue weighted by atomic mass is 19.2. The summed E-state index contributed by atoms with van der Waals surface area (Å²) in [7, 11) is 0. The lowest BCUT2D eigenvalue weighted by atomic mass is 9.98. The predicted molar refractivity (Wildman–Crippen MR) is 146 cm³/mol. The maximum Gasteiger partial charge on any atom is 0.330 e. The van der Waals surface area contributed by atoms with Gasteiger partial charge in [0.1, 0.15) is 12.4 Å². The van der Waals surface area contributed by atoms with E-state index in [-0.39, 0.29) is 24.0 Å². The van der Waals surface area contributed by atoms with Crippen LogP contribution in [0.1, 0.15) is 24.5 Å². The second kappa shape index (κ2) is 12.3. The van der Waals surface area contributed by atoms with Gasteiger partial charge < -0.3 is 15.4 Å². The van der Waals surface area contributed by atoms with Crippen LogP contribution in [0, 0.1) is 30.3 Å². The van der Waals surface area contributed by atoms with Crippen LogP contribution in [0.5, 0.6) is 0 Å². The zero-order chi connectivity index (χ0) is 28.8. The van der Waals surface area contributed by atoms with Gasteiger partial charge in [0.25, 0.3) is 0 Å². The Morgan fingerprint density at radius 1 is 1.10 bits per heavy atom. The fourth-order valence-corrected chi connectivity index (χ4v) is 4.16. The van der Waals surface area contributed by atoms with Crippen molar-refractivity contribution in [1.82, 2.24) is 10.3 Å². The molecule has 0 bridgehead atoms. The molecule has 0 fully saturated rings. The Kier molecular flexibility index (Phi) is 8.68. The number of rotatable bonds is 8. The van der Waals surface area contributed by atoms with Crippen molar-refractivity contribution in [3.05, 3.63) is 120 Å². The minimum atomic E-state index is -1.26. The van der Waals surface area contributed by atoms with E-state index in [1.54, 1.807) is 54.9 Å². The zero-order valence-electron chi connectivity index (χ0n) is 21.9. The van der Waals surface area contributed by atoms with Gasteiger partial charge in [0.05, 0.1) is 17.1 Å². The van der Waals surface area contributed by atoms with E-state index in [4.69, 9.17) is 4.74 Å². The third-order valence-corrected chi connectivity index (χ3v) is 6.20. The second-order valence-corrected chi connectivity index (χ2v) is 9.18. The molecule has 0 saturated carbocycles. The third kappa shape index (κ3) is 6.58. The quantitative estimate of drug-likeness (QED) is 0.240. The minimum Gasteiger partial charge on any atom is -0.493 e. The van der Waals surface area contributed by atoms with Gasteiger partial charge >= 0.3 is 6.03 Å². The average Bonchev–Trinajstić information content (AvgIpc) is 2.92. The van der Waals surface area contributed by atoms with Crippen LogP contribution in [0.2, 0.25) is 0 Å². The molecule has 1 aliphatic carbocycles. The first-order valence-corrected chi connectivity index (χ1v) is 12.4. The summed E-state index contributed by atoms with van der Waals surface area (Å²) in [6.45, 7) is 6.88. The van der Waals surface area contributed by atoms with Crippen molar-refractivity contribution >= 4 is 29.0 Å². The van der Waals surface area contributed by atoms with Gasteiger partial charge in [0.2, 0.25) is 5.91 Å². The fourth-order valence-electron chi connectivity index (χ4n) is 4.16. The number of pyridine rings is 1. The number of carbonyl (C=O) groups excluding carboxylic acids is 2. The molecule has 1 unspecified atom stereocenters. The highest BCUT2D eigenvalue weighted by molar-refractivity contribution is 6.03. The number of amides is 3. The summed E-state index contributed by atoms with van der Waals surface area (Å²) in [5.41, 5.74) is 2.84. The predicted octanol–water partition coefficient (Wildman–Crippen LogP) is 6.80. The number of anilines is 3. The first kappa shape index (κ1) is 28.2. The molecular weight excluding hydrogens is 521 g/mol. The standard InChI is InChI=1S/C30H27F3N4O3/c1-4-29(38)35-21-6-5-7-23(14-21)37(27-10-11-34-16-19(27)3)30(39)36-22-8-9-28(18(2)12-22)40-17-20-13-25(32)26(33)15-24(20)31/h4-11,13-16,18H,1,12,17H2,2-3H3,(H,35,38)(H,36,39). The van der Waals surface area contributed by atoms with E-state index >= 15 is 0 Å². The molecule has 3 amide bonds. The van der Waals surface area contributed by atoms with E-state index in [9.17, 15) is 22.8 Å². The molecule has 7 nitrogen and oxygen atoms in total. The molecule has 0 aliphatic heterocycles. The summed E-state index contributed by atoms with van der Waals surface area (Å²) in [6, 6.07) is 9.35. The number of aryl methyl sites for hydroxylation is 1. The number of nitrogens with zero attached hydrogens (tertiary/aromatic N) is 2. The van der Waals surface area contributed by atoms with Crippen molar-refractivity contribution in [2.24, 2.45) is 5.92 Å². The summed E-state index contributed by atoms with van der Waals surface area (Å²) in [5, 5.41) is 5.63. The van der Waals surface area contributed by atoms with Gasteiger partial charge in [0.15, 0.2) is 11.6 Å². The largest absolute Gasteiger partial charge is 0.493 e. The lowest BCUT2D eigenvalue weighted by molar-refractivity contribution is -0.111. The van der Waals surface area contributed by atoms with Gasteiger partial charge in [-0.2, -0.15) is 0 Å². The summed E-state index contributed by atoms with van der Waals surface area (Å²) >= 11 is 0. The number of urea groups is 1. The Hall–Kier alpha value is -4.86. The number of hydrogen-bond acceptors (Lipinski definition) is 4. The van der Waals surface area contributed by atoms with Crippen LogP contribution in [0.3, 0.4) is 0 Å². The van der Waals surface area contributed by atoms with Crippen LogP contribution in [-0.4, -0.2) is 16.9 Å². The normalized spacial score (nSPS) is 14.5. The first-order valence-electron chi connectivity index (χ1n) is 12.4. The van der Waals surface area contributed by atoms with E-state index in [1.807, 2.05) is 13.8 Å². The number of halogens is 3. The van der Waals surface area contributed by atoms with E-state index in [0.29, 0.717) is 41.0 Å². The molecule has 1 aromatic heterocycles. The van der Waals surface area contributed by atoms with Crippen molar-refractivity contribution in [2.75, 3.05) is 10.2 Å². The molecule has 4 rings (SSSR count). The molecule has 40 heavy (non-hydrogen) atoms. The van der Waals surface area contributed by atoms with Crippen molar-refractivity contribution in [3.63, 3.8) is 0 Å². The van der Waals surface area contributed by atoms with E-state index < -0.39 is 23.5 Å². The van der Waals surface area contributed by atoms with Crippen molar-refractivity contribution in [2.45, 2.75) is 26.9 Å². The molecule has 0 spiro atoms. The van der Waals surface area contributed by atoms with Crippen LogP contribution >= 0.6 is 0 Å². The first-order chi connectivity index (χ1) is 19.2. The summed E-state index contributed by atoms with van der Waals surface area (Å²) in [6.07, 6.45) is 8.10. The molecule has 0 saturated heterocycles. The van der Waals surface area contributed by atoms with E-state index in [0.717, 1.165) is 17.7 Å². The highest BCUT2D eigenvalue weighted by Gasteiger charge is 2.24. The van der Waals surface area contributed by atoms with Gasteiger partial charge in [-0.15, -0.1) is 0 Å². The Balaban J connectivity index is 1.55. The molecule has 206 valence electrons. The molecular formula is C30H27F3N4O3. The lowest BCUT2D eigenvalue weighted by Gasteiger charge is -2.28. The SMILES string of the molecule is C=CC(=O)Nc1cccc(N(C(=O)NC2=CC=C(OCc3cc(F)c(F)cc3F)C(C)C2)c2ccncc2C)c1. The van der Waals surface area contributed by atoms with Crippen LogP contribution in [0.25, 0.3) is 0 Å². The maximum absolute atomic E-state index is 14.0. The van der Waals surface area contributed by atoms with E-state index in [1.165, 1.54) is 4.90 Å². The van der Waals surface area contributed by atoms with Gasteiger partial charge in [-0.25, -0.2) is 18.0 Å². The molecule has 2 N–H and O–H groups in total. The highest BCUT2D eigenvalue weighted by Crippen LogP contribution is 2.31. The van der Waals surface area contributed by atoms with Gasteiger partial charge in [-0.1, -0.05) is 19.6 Å². The van der Waals surface area contributed by atoms with Crippen molar-refractivity contribution in [3.8, 4) is 0 Å². The maximum atomic E-state index is 14.0. The Morgan fingerprint density at radius 2 is 1.88 bits per heavy atom. The van der Waals surface area contributed by atoms with Gasteiger partial charge in [-0.3, -0.25) is 14.7 Å². The minimum absolute atomic E-state index is 0.107. The van der Waals surface area contributed by atoms with Crippen LogP contribution in [0.15, 0.2) is 91.1 Å². The van der Waals surface area contributed by atoms with Crippen LogP contribution in [-0.2, 0) is 16.1 Å². The number of hydrogen-bond donors (Lipinski definition) is 2. The molecule has 1 atom stereocenters. The number of benzene rings is 2. The third-order valence-electron chi connectivity index (χ3n) is 6.20. The van der Waals surface area contributed by atoms with Crippen molar-refractivity contribution in [1.29, 1.82) is 0 Å². The number of nitrogens with one attached hydrogen (secondary N) is 2. The van der Waals surface area contributed by atoms with Crippen molar-refractivity contribution < 1.29 is 27.5 Å². The smallest absolute Gasteiger partial charge is 0.330 e. The number of carbonyl (C=O) groups is 2. The molecule has 0 radical (unpaired) electrons. The lowest BCUT2D eigenvalue weighted by Crippen LogP contribution is -2.37. The number of ether oxygens (including phenoxy) is 1. The second-order valence-electron chi connectivity index (χ2n) is 9.18.